The third kappa shape index (κ3) is 1.76. The highest BCUT2D eigenvalue weighted by Crippen LogP contribution is 2.23. The van der Waals surface area contributed by atoms with Crippen LogP contribution in [0.2, 0.25) is 0 Å². The molecule has 0 fully saturated rings. The number of nitrogens with one attached hydrogen (secondary N) is 1. The zero-order chi connectivity index (χ0) is 9.14. The molecule has 0 aliphatic heterocycles. The first-order valence-electron chi connectivity index (χ1n) is 3.45. The molecule has 4 heteroatoms. The maximum atomic E-state index is 7.22. The molecule has 12 heavy (non-hydrogen) atoms. The summed E-state index contributed by atoms with van der Waals surface area (Å²) in [6, 6.07) is 7.63. The Bertz CT molecular complexity index is 298. The van der Waals surface area contributed by atoms with Gasteiger partial charge in [-0.1, -0.05) is 12.1 Å². The smallest absolute Gasteiger partial charge is 0.192 e. The van der Waals surface area contributed by atoms with Crippen LogP contribution in [0.4, 0.5) is 5.69 Å². The highest BCUT2D eigenvalue weighted by molar-refractivity contribution is 9.10. The molecule has 0 radical (unpaired) electrons. The van der Waals surface area contributed by atoms with Gasteiger partial charge in [-0.15, -0.1) is 0 Å². The summed E-state index contributed by atoms with van der Waals surface area (Å²) in [5.74, 6) is 0.0295. The Morgan fingerprint density at radius 2 is 2.08 bits per heavy atom. The summed E-state index contributed by atoms with van der Waals surface area (Å²) in [5, 5.41) is 7.22. The van der Waals surface area contributed by atoms with Gasteiger partial charge >= 0.3 is 0 Å². The molecule has 1 rings (SSSR count). The van der Waals surface area contributed by atoms with Crippen molar-refractivity contribution in [2.24, 2.45) is 5.73 Å². The van der Waals surface area contributed by atoms with Gasteiger partial charge < -0.3 is 10.6 Å². The number of para-hydroxylation sites is 1. The van der Waals surface area contributed by atoms with Gasteiger partial charge in [0.2, 0.25) is 0 Å². The first-order valence-corrected chi connectivity index (χ1v) is 4.24. The van der Waals surface area contributed by atoms with E-state index < -0.39 is 0 Å². The number of hydrogen-bond donors (Lipinski definition) is 2. The fourth-order valence-corrected chi connectivity index (χ4v) is 1.40. The monoisotopic (exact) mass is 227 g/mol. The summed E-state index contributed by atoms with van der Waals surface area (Å²) in [5.41, 5.74) is 6.22. The van der Waals surface area contributed by atoms with Crippen molar-refractivity contribution in [1.29, 1.82) is 5.41 Å². The Labute approximate surface area is 79.8 Å². The lowest BCUT2D eigenvalue weighted by Gasteiger charge is -2.17. The second-order valence-electron chi connectivity index (χ2n) is 2.40. The van der Waals surface area contributed by atoms with E-state index in [-0.39, 0.29) is 5.96 Å². The maximum Gasteiger partial charge on any atom is 0.192 e. The molecule has 0 aliphatic carbocycles. The van der Waals surface area contributed by atoms with Crippen LogP contribution in [-0.2, 0) is 0 Å². The van der Waals surface area contributed by atoms with E-state index in [1.807, 2.05) is 24.3 Å². The SMILES string of the molecule is CN(C(=N)N)c1ccccc1Br. The fraction of sp³-hybridized carbons (Fsp3) is 0.125. The molecular formula is C8H10BrN3. The summed E-state index contributed by atoms with van der Waals surface area (Å²) in [6.07, 6.45) is 0. The Balaban J connectivity index is 3.02. The van der Waals surface area contributed by atoms with E-state index in [4.69, 9.17) is 11.1 Å². The summed E-state index contributed by atoms with van der Waals surface area (Å²) < 4.78 is 0.933. The highest BCUT2D eigenvalue weighted by Gasteiger charge is 2.05. The average Bonchev–Trinajstić information content (AvgIpc) is 2.04. The molecule has 0 amide bonds. The lowest BCUT2D eigenvalue weighted by molar-refractivity contribution is 1.19. The Morgan fingerprint density at radius 3 is 2.58 bits per heavy atom. The molecule has 0 saturated carbocycles. The van der Waals surface area contributed by atoms with Crippen LogP contribution in [0.3, 0.4) is 0 Å². The van der Waals surface area contributed by atoms with Crippen LogP contribution in [0.15, 0.2) is 28.7 Å². The number of nitrogens with zero attached hydrogens (tertiary/aromatic N) is 1. The van der Waals surface area contributed by atoms with Crippen molar-refractivity contribution in [2.45, 2.75) is 0 Å². The molecule has 0 aliphatic rings. The minimum atomic E-state index is 0.0295. The van der Waals surface area contributed by atoms with Crippen molar-refractivity contribution in [3.8, 4) is 0 Å². The highest BCUT2D eigenvalue weighted by atomic mass is 79.9. The van der Waals surface area contributed by atoms with Crippen LogP contribution in [0.5, 0.6) is 0 Å². The van der Waals surface area contributed by atoms with E-state index in [0.29, 0.717) is 0 Å². The van der Waals surface area contributed by atoms with Gasteiger partial charge in [0.25, 0.3) is 0 Å². The van der Waals surface area contributed by atoms with E-state index in [1.54, 1.807) is 11.9 Å². The molecule has 0 atom stereocenters. The summed E-state index contributed by atoms with van der Waals surface area (Å²) in [4.78, 5) is 1.60. The van der Waals surface area contributed by atoms with Crippen molar-refractivity contribution in [3.05, 3.63) is 28.7 Å². The second-order valence-corrected chi connectivity index (χ2v) is 3.25. The normalized spacial score (nSPS) is 9.50. The summed E-state index contributed by atoms with van der Waals surface area (Å²) in [7, 11) is 1.75. The van der Waals surface area contributed by atoms with Gasteiger partial charge in [0.15, 0.2) is 5.96 Å². The molecule has 0 heterocycles. The molecule has 1 aromatic rings. The predicted octanol–water partition coefficient (Wildman–Crippen LogP) is 1.78. The van der Waals surface area contributed by atoms with E-state index in [9.17, 15) is 0 Å². The van der Waals surface area contributed by atoms with Crippen LogP contribution in [0, 0.1) is 5.41 Å². The minimum absolute atomic E-state index is 0.0295. The molecule has 64 valence electrons. The molecule has 0 unspecified atom stereocenters. The van der Waals surface area contributed by atoms with E-state index in [0.717, 1.165) is 10.2 Å². The number of halogens is 1. The van der Waals surface area contributed by atoms with Gasteiger partial charge in [-0.05, 0) is 28.1 Å². The zero-order valence-corrected chi connectivity index (χ0v) is 8.30. The molecule has 0 saturated heterocycles. The number of nitrogens with two attached hydrogens (primary N) is 1. The van der Waals surface area contributed by atoms with Crippen LogP contribution < -0.4 is 10.6 Å². The van der Waals surface area contributed by atoms with Crippen molar-refractivity contribution in [2.75, 3.05) is 11.9 Å². The zero-order valence-electron chi connectivity index (χ0n) is 6.71. The van der Waals surface area contributed by atoms with Crippen molar-refractivity contribution in [3.63, 3.8) is 0 Å². The van der Waals surface area contributed by atoms with E-state index in [1.165, 1.54) is 0 Å². The van der Waals surface area contributed by atoms with Crippen LogP contribution in [0.1, 0.15) is 0 Å². The molecule has 3 N–H and O–H groups in total. The fourth-order valence-electron chi connectivity index (χ4n) is 0.854. The van der Waals surface area contributed by atoms with Crippen molar-refractivity contribution in [1.82, 2.24) is 0 Å². The van der Waals surface area contributed by atoms with Crippen molar-refractivity contribution >= 4 is 27.6 Å². The Hall–Kier alpha value is -1.03. The molecule has 0 bridgehead atoms. The van der Waals surface area contributed by atoms with Crippen molar-refractivity contribution < 1.29 is 0 Å². The van der Waals surface area contributed by atoms with Gasteiger partial charge in [-0.3, -0.25) is 5.41 Å². The first-order chi connectivity index (χ1) is 5.63. The summed E-state index contributed by atoms with van der Waals surface area (Å²) in [6.45, 7) is 0. The molecule has 0 aromatic heterocycles. The average molecular weight is 228 g/mol. The lowest BCUT2D eigenvalue weighted by atomic mass is 10.3. The van der Waals surface area contributed by atoms with Gasteiger partial charge in [-0.25, -0.2) is 0 Å². The predicted molar refractivity (Wildman–Crippen MR) is 54.5 cm³/mol. The lowest BCUT2D eigenvalue weighted by Crippen LogP contribution is -2.32. The molecule has 1 aromatic carbocycles. The largest absolute Gasteiger partial charge is 0.370 e. The van der Waals surface area contributed by atoms with E-state index >= 15 is 0 Å². The maximum absolute atomic E-state index is 7.22. The van der Waals surface area contributed by atoms with Gasteiger partial charge in [0.1, 0.15) is 0 Å². The molecule has 0 spiro atoms. The topological polar surface area (TPSA) is 53.1 Å². The minimum Gasteiger partial charge on any atom is -0.370 e. The molecular weight excluding hydrogens is 218 g/mol. The summed E-state index contributed by atoms with van der Waals surface area (Å²) >= 11 is 3.37. The third-order valence-corrected chi connectivity index (χ3v) is 2.25. The Kier molecular flexibility index (Phi) is 2.70. The third-order valence-electron chi connectivity index (χ3n) is 1.58. The number of anilines is 1. The second kappa shape index (κ2) is 3.58. The number of benzene rings is 1. The quantitative estimate of drug-likeness (QED) is 0.568. The first kappa shape index (κ1) is 9.06. The van der Waals surface area contributed by atoms with Crippen LogP contribution in [-0.4, -0.2) is 13.0 Å². The Morgan fingerprint density at radius 1 is 1.50 bits per heavy atom. The van der Waals surface area contributed by atoms with Gasteiger partial charge in [-0.2, -0.15) is 0 Å². The number of guanidine groups is 1. The number of hydrogen-bond acceptors (Lipinski definition) is 1. The van der Waals surface area contributed by atoms with Gasteiger partial charge in [0, 0.05) is 11.5 Å². The van der Waals surface area contributed by atoms with Crippen LogP contribution >= 0.6 is 15.9 Å². The van der Waals surface area contributed by atoms with Crippen LogP contribution in [0.25, 0.3) is 0 Å². The van der Waals surface area contributed by atoms with E-state index in [2.05, 4.69) is 15.9 Å². The molecule has 3 nitrogen and oxygen atoms in total. The number of rotatable bonds is 1. The standard InChI is InChI=1S/C8H10BrN3/c1-12(8(10)11)7-5-3-2-4-6(7)9/h2-5H,1H3,(H3,10,11). The van der Waals surface area contributed by atoms with Gasteiger partial charge in [0.05, 0.1) is 5.69 Å².